The highest BCUT2D eigenvalue weighted by molar-refractivity contribution is 6.10. The molecule has 0 saturated carbocycles. The van der Waals surface area contributed by atoms with Gasteiger partial charge in [0.15, 0.2) is 0 Å². The van der Waals surface area contributed by atoms with Crippen molar-refractivity contribution in [2.45, 2.75) is 0 Å². The van der Waals surface area contributed by atoms with Gasteiger partial charge in [-0.1, -0.05) is 0 Å². The van der Waals surface area contributed by atoms with Crippen molar-refractivity contribution in [2.75, 3.05) is 24.4 Å². The Bertz CT molecular complexity index is 886. The van der Waals surface area contributed by atoms with Crippen LogP contribution >= 0.6 is 0 Å². The number of nitrogens with zero attached hydrogens (tertiary/aromatic N) is 6. The highest BCUT2D eigenvalue weighted by Crippen LogP contribution is 2.29. The van der Waals surface area contributed by atoms with Gasteiger partial charge in [-0.05, 0) is 12.1 Å². The Hall–Kier alpha value is -3.26. The number of nitrogens with one attached hydrogen (secondary N) is 1. The lowest BCUT2D eigenvalue weighted by Gasteiger charge is -2.17. The minimum Gasteiger partial charge on any atom is -0.376 e. The first-order valence-electron chi connectivity index (χ1n) is 6.41. The van der Waals surface area contributed by atoms with Crippen LogP contribution in [0.2, 0.25) is 0 Å². The van der Waals surface area contributed by atoms with Crippen molar-refractivity contribution in [2.24, 2.45) is 19.2 Å². The van der Waals surface area contributed by atoms with E-state index in [0.717, 1.165) is 16.7 Å². The van der Waals surface area contributed by atoms with Gasteiger partial charge in [0, 0.05) is 28.2 Å². The molecular formula is C14H15N7O. The Balaban J connectivity index is 2.68. The van der Waals surface area contributed by atoms with Crippen LogP contribution in [0.5, 0.6) is 0 Å². The number of aromatic nitrogens is 2. The van der Waals surface area contributed by atoms with Crippen molar-refractivity contribution in [1.82, 2.24) is 9.13 Å². The molecule has 0 aliphatic rings. The average molecular weight is 297 g/mol. The molecule has 2 aromatic rings. The van der Waals surface area contributed by atoms with Gasteiger partial charge in [0.25, 0.3) is 0 Å². The third-order valence-electron chi connectivity index (χ3n) is 3.37. The third kappa shape index (κ3) is 2.38. The lowest BCUT2D eigenvalue weighted by atomic mass is 10.2. The Labute approximate surface area is 127 Å². The van der Waals surface area contributed by atoms with Crippen molar-refractivity contribution >= 4 is 28.1 Å². The van der Waals surface area contributed by atoms with E-state index < -0.39 is 0 Å². The molecule has 0 saturated heterocycles. The number of hydrazone groups is 1. The maximum absolute atomic E-state index is 12.0. The van der Waals surface area contributed by atoms with Crippen molar-refractivity contribution in [3.63, 3.8) is 0 Å². The second kappa shape index (κ2) is 5.62. The maximum atomic E-state index is 12.0. The van der Waals surface area contributed by atoms with Gasteiger partial charge in [-0.3, -0.25) is 14.6 Å². The first-order chi connectivity index (χ1) is 10.4. The number of rotatable bonds is 3. The monoisotopic (exact) mass is 297 g/mol. The molecule has 0 fully saturated rings. The van der Waals surface area contributed by atoms with Crippen LogP contribution in [0.4, 0.5) is 11.4 Å². The molecule has 1 N–H and O–H groups in total. The summed E-state index contributed by atoms with van der Waals surface area (Å²) in [5, 5.41) is 21.2. The second-order valence-corrected chi connectivity index (χ2v) is 4.95. The van der Waals surface area contributed by atoms with Crippen LogP contribution in [-0.2, 0) is 14.1 Å². The maximum Gasteiger partial charge on any atom is 0.328 e. The second-order valence-electron chi connectivity index (χ2n) is 4.95. The number of fused-ring (bicyclic) bond motifs is 1. The molecule has 1 aromatic heterocycles. The Kier molecular flexibility index (Phi) is 3.87. The van der Waals surface area contributed by atoms with Gasteiger partial charge in [-0.2, -0.15) is 15.6 Å². The molecule has 2 rings (SSSR count). The number of anilines is 2. The molecule has 0 amide bonds. The Morgan fingerprint density at radius 3 is 2.23 bits per heavy atom. The van der Waals surface area contributed by atoms with E-state index in [9.17, 15) is 4.79 Å². The van der Waals surface area contributed by atoms with E-state index in [1.807, 2.05) is 25.1 Å². The van der Waals surface area contributed by atoms with E-state index in [0.29, 0.717) is 5.69 Å². The number of nitriles is 2. The first-order valence-corrected chi connectivity index (χ1v) is 6.41. The molecule has 8 nitrogen and oxygen atoms in total. The van der Waals surface area contributed by atoms with E-state index in [1.54, 1.807) is 36.9 Å². The smallest absolute Gasteiger partial charge is 0.328 e. The molecule has 0 atom stereocenters. The molecule has 8 heteroatoms. The highest BCUT2D eigenvalue weighted by Gasteiger charge is 2.13. The van der Waals surface area contributed by atoms with Gasteiger partial charge >= 0.3 is 5.69 Å². The van der Waals surface area contributed by atoms with Crippen molar-refractivity contribution in [1.29, 1.82) is 10.5 Å². The lowest BCUT2D eigenvalue weighted by Crippen LogP contribution is -2.19. The minimum absolute atomic E-state index is 0.130. The third-order valence-corrected chi connectivity index (χ3v) is 3.37. The van der Waals surface area contributed by atoms with Crippen LogP contribution in [0.3, 0.4) is 0 Å². The summed E-state index contributed by atoms with van der Waals surface area (Å²) in [6.07, 6.45) is 0. The van der Waals surface area contributed by atoms with Gasteiger partial charge in [-0.25, -0.2) is 4.79 Å². The predicted octanol–water partition coefficient (Wildman–Crippen LogP) is 0.758. The molecule has 0 radical (unpaired) electrons. The zero-order valence-electron chi connectivity index (χ0n) is 12.7. The van der Waals surface area contributed by atoms with Crippen LogP contribution in [0.15, 0.2) is 22.0 Å². The van der Waals surface area contributed by atoms with Gasteiger partial charge in [-0.15, -0.1) is 0 Å². The number of hydrogen-bond acceptors (Lipinski definition) is 6. The van der Waals surface area contributed by atoms with Gasteiger partial charge in [0.2, 0.25) is 5.71 Å². The molecule has 1 heterocycles. The summed E-state index contributed by atoms with van der Waals surface area (Å²) in [6.45, 7) is 0. The summed E-state index contributed by atoms with van der Waals surface area (Å²) in [5.74, 6) is 0. The van der Waals surface area contributed by atoms with Crippen molar-refractivity contribution in [3.8, 4) is 12.1 Å². The summed E-state index contributed by atoms with van der Waals surface area (Å²) < 4.78 is 3.09. The highest BCUT2D eigenvalue weighted by atomic mass is 16.1. The largest absolute Gasteiger partial charge is 0.376 e. The Morgan fingerprint density at radius 1 is 1.18 bits per heavy atom. The van der Waals surface area contributed by atoms with Gasteiger partial charge in [0.1, 0.15) is 12.1 Å². The van der Waals surface area contributed by atoms with E-state index in [2.05, 4.69) is 10.5 Å². The topological polar surface area (TPSA) is 102 Å². The first kappa shape index (κ1) is 15.1. The molecule has 0 bridgehead atoms. The van der Waals surface area contributed by atoms with Crippen molar-refractivity contribution < 1.29 is 0 Å². The average Bonchev–Trinajstić information content (AvgIpc) is 2.72. The lowest BCUT2D eigenvalue weighted by molar-refractivity contribution is 0.795. The molecular weight excluding hydrogens is 282 g/mol. The van der Waals surface area contributed by atoms with E-state index in [-0.39, 0.29) is 11.4 Å². The summed E-state index contributed by atoms with van der Waals surface area (Å²) in [4.78, 5) is 13.9. The van der Waals surface area contributed by atoms with Crippen LogP contribution in [0.1, 0.15) is 0 Å². The SMILES string of the molecule is CN(C)c1cc2c(cc1NN=C(C#N)C#N)n(C)c(=O)n2C. The number of benzene rings is 1. The summed E-state index contributed by atoms with van der Waals surface area (Å²) >= 11 is 0. The Morgan fingerprint density at radius 2 is 1.73 bits per heavy atom. The number of hydrogen-bond donors (Lipinski definition) is 1. The van der Waals surface area contributed by atoms with E-state index in [4.69, 9.17) is 10.5 Å². The fourth-order valence-corrected chi connectivity index (χ4v) is 2.18. The molecule has 0 aliphatic carbocycles. The van der Waals surface area contributed by atoms with Gasteiger partial charge in [0.05, 0.1) is 22.4 Å². The standard InChI is InChI=1S/C14H15N7O/c1-19(2)11-6-13-12(20(3)14(22)21(13)4)5-10(11)18-17-9(7-15)8-16/h5-6,18H,1-4H3. The van der Waals surface area contributed by atoms with Crippen LogP contribution in [0.25, 0.3) is 11.0 Å². The number of aryl methyl sites for hydroxylation is 2. The van der Waals surface area contributed by atoms with Gasteiger partial charge < -0.3 is 4.90 Å². The summed E-state index contributed by atoms with van der Waals surface area (Å²) in [5.41, 5.74) is 5.22. The molecule has 0 aliphatic heterocycles. The molecule has 22 heavy (non-hydrogen) atoms. The van der Waals surface area contributed by atoms with E-state index in [1.165, 1.54) is 4.57 Å². The van der Waals surface area contributed by atoms with Crippen LogP contribution in [-0.4, -0.2) is 28.9 Å². The van der Waals surface area contributed by atoms with Crippen molar-refractivity contribution in [3.05, 3.63) is 22.6 Å². The molecule has 112 valence electrons. The molecule has 0 unspecified atom stereocenters. The molecule has 1 aromatic carbocycles. The zero-order chi connectivity index (χ0) is 16.4. The fraction of sp³-hybridized carbons (Fsp3) is 0.286. The zero-order valence-corrected chi connectivity index (χ0v) is 12.7. The molecule has 0 spiro atoms. The minimum atomic E-state index is -0.272. The van der Waals surface area contributed by atoms with E-state index >= 15 is 0 Å². The fourth-order valence-electron chi connectivity index (χ4n) is 2.18. The van der Waals surface area contributed by atoms with Crippen LogP contribution < -0.4 is 16.0 Å². The number of imidazole rings is 1. The normalized spacial score (nSPS) is 9.91. The van der Waals surface area contributed by atoms with Crippen LogP contribution in [0, 0.1) is 22.7 Å². The predicted molar refractivity (Wildman–Crippen MR) is 84.8 cm³/mol. The summed E-state index contributed by atoms with van der Waals surface area (Å²) in [7, 11) is 7.10. The summed E-state index contributed by atoms with van der Waals surface area (Å²) in [6, 6.07) is 6.99. The quantitative estimate of drug-likeness (QED) is 0.665.